The van der Waals surface area contributed by atoms with Gasteiger partial charge in [-0.1, -0.05) is 0 Å². The van der Waals surface area contributed by atoms with E-state index in [0.717, 1.165) is 32.5 Å². The van der Waals surface area contributed by atoms with Crippen molar-refractivity contribution >= 4 is 0 Å². The standard InChI is InChI=1S/C20H27F2N5O/c1-25-12-16(10-24-25)13-26-7-4-17(5-8-26)27-15-20(21,22)9-18(27)14-28-19-3-2-6-23-11-19/h2-3,6,10-12,17-18H,4-5,7-9,13-15H2,1H3. The highest BCUT2D eigenvalue weighted by Gasteiger charge is 2.47. The van der Waals surface area contributed by atoms with Gasteiger partial charge in [-0.25, -0.2) is 8.78 Å². The van der Waals surface area contributed by atoms with Gasteiger partial charge in [-0.05, 0) is 38.1 Å². The van der Waals surface area contributed by atoms with E-state index in [1.165, 1.54) is 5.56 Å². The SMILES string of the molecule is Cn1cc(CN2CCC(N3CC(F)(F)CC3COc3cccnc3)CC2)cn1. The fourth-order valence-electron chi connectivity index (χ4n) is 4.35. The summed E-state index contributed by atoms with van der Waals surface area (Å²) in [7, 11) is 1.91. The number of aromatic nitrogens is 3. The number of nitrogens with zero attached hydrogens (tertiary/aromatic N) is 5. The number of hydrogen-bond acceptors (Lipinski definition) is 5. The Balaban J connectivity index is 1.32. The minimum Gasteiger partial charge on any atom is -0.490 e. The van der Waals surface area contributed by atoms with E-state index in [1.54, 1.807) is 29.2 Å². The highest BCUT2D eigenvalue weighted by Crippen LogP contribution is 2.36. The molecule has 28 heavy (non-hydrogen) atoms. The Kier molecular flexibility index (Phi) is 5.59. The van der Waals surface area contributed by atoms with Crippen LogP contribution in [-0.4, -0.2) is 68.8 Å². The summed E-state index contributed by atoms with van der Waals surface area (Å²) in [6, 6.07) is 3.52. The lowest BCUT2D eigenvalue weighted by molar-refractivity contribution is 0.00270. The molecule has 2 aliphatic rings. The zero-order valence-corrected chi connectivity index (χ0v) is 16.2. The maximum atomic E-state index is 14.2. The van der Waals surface area contributed by atoms with Gasteiger partial charge in [0.2, 0.25) is 0 Å². The molecule has 8 heteroatoms. The molecule has 4 heterocycles. The van der Waals surface area contributed by atoms with Gasteiger partial charge in [0.25, 0.3) is 5.92 Å². The Morgan fingerprint density at radius 2 is 2.07 bits per heavy atom. The highest BCUT2D eigenvalue weighted by atomic mass is 19.3. The first kappa shape index (κ1) is 19.3. The predicted molar refractivity (Wildman–Crippen MR) is 101 cm³/mol. The van der Waals surface area contributed by atoms with E-state index in [2.05, 4.69) is 15.0 Å². The molecular formula is C20H27F2N5O. The first-order chi connectivity index (χ1) is 13.5. The van der Waals surface area contributed by atoms with Crippen molar-refractivity contribution in [3.05, 3.63) is 42.5 Å². The van der Waals surface area contributed by atoms with Gasteiger partial charge in [0.15, 0.2) is 0 Å². The first-order valence-electron chi connectivity index (χ1n) is 9.85. The van der Waals surface area contributed by atoms with Gasteiger partial charge in [-0.2, -0.15) is 5.10 Å². The molecule has 0 radical (unpaired) electrons. The predicted octanol–water partition coefficient (Wildman–Crippen LogP) is 2.57. The van der Waals surface area contributed by atoms with Crippen LogP contribution in [0.5, 0.6) is 5.75 Å². The minimum atomic E-state index is -2.64. The summed E-state index contributed by atoms with van der Waals surface area (Å²) in [5.74, 6) is -2.01. The molecule has 0 spiro atoms. The molecule has 0 aromatic carbocycles. The molecule has 4 rings (SSSR count). The van der Waals surface area contributed by atoms with E-state index >= 15 is 0 Å². The molecule has 0 saturated carbocycles. The zero-order chi connectivity index (χ0) is 19.6. The second-order valence-electron chi connectivity index (χ2n) is 7.92. The summed E-state index contributed by atoms with van der Waals surface area (Å²) < 4.78 is 35.9. The third-order valence-electron chi connectivity index (χ3n) is 5.68. The van der Waals surface area contributed by atoms with E-state index in [0.29, 0.717) is 5.75 Å². The van der Waals surface area contributed by atoms with Gasteiger partial charge in [-0.3, -0.25) is 19.5 Å². The number of rotatable bonds is 6. The van der Waals surface area contributed by atoms with Crippen LogP contribution in [0.2, 0.25) is 0 Å². The molecule has 2 aliphatic heterocycles. The third-order valence-corrected chi connectivity index (χ3v) is 5.68. The molecule has 6 nitrogen and oxygen atoms in total. The number of alkyl halides is 2. The number of pyridine rings is 1. The Morgan fingerprint density at radius 1 is 1.25 bits per heavy atom. The molecule has 2 fully saturated rings. The van der Waals surface area contributed by atoms with Gasteiger partial charge in [0, 0.05) is 44.0 Å². The van der Waals surface area contributed by atoms with E-state index in [1.807, 2.05) is 24.3 Å². The van der Waals surface area contributed by atoms with Crippen molar-refractivity contribution in [3.8, 4) is 5.75 Å². The fraction of sp³-hybridized carbons (Fsp3) is 0.600. The monoisotopic (exact) mass is 391 g/mol. The quantitative estimate of drug-likeness (QED) is 0.758. The number of piperidine rings is 1. The average Bonchev–Trinajstić information content (AvgIpc) is 3.23. The van der Waals surface area contributed by atoms with Crippen LogP contribution in [0, 0.1) is 0 Å². The lowest BCUT2D eigenvalue weighted by Gasteiger charge is -2.39. The van der Waals surface area contributed by atoms with E-state index < -0.39 is 5.92 Å². The fourth-order valence-corrected chi connectivity index (χ4v) is 4.35. The number of halogens is 2. The summed E-state index contributed by atoms with van der Waals surface area (Å²) in [4.78, 5) is 8.38. The van der Waals surface area contributed by atoms with Gasteiger partial charge in [-0.15, -0.1) is 0 Å². The smallest absolute Gasteiger partial charge is 0.262 e. The van der Waals surface area contributed by atoms with Gasteiger partial charge < -0.3 is 4.74 Å². The molecule has 2 aromatic rings. The average molecular weight is 391 g/mol. The van der Waals surface area contributed by atoms with Crippen LogP contribution in [0.25, 0.3) is 0 Å². The van der Waals surface area contributed by atoms with E-state index in [-0.39, 0.29) is 31.7 Å². The molecule has 2 aromatic heterocycles. The third kappa shape index (κ3) is 4.67. The molecule has 1 atom stereocenters. The van der Waals surface area contributed by atoms with Crippen LogP contribution in [0.1, 0.15) is 24.8 Å². The van der Waals surface area contributed by atoms with Crippen LogP contribution in [-0.2, 0) is 13.6 Å². The van der Waals surface area contributed by atoms with Crippen LogP contribution in [0.15, 0.2) is 36.9 Å². The van der Waals surface area contributed by atoms with Crippen LogP contribution < -0.4 is 4.74 Å². The zero-order valence-electron chi connectivity index (χ0n) is 16.2. The summed E-state index contributed by atoms with van der Waals surface area (Å²) >= 11 is 0. The lowest BCUT2D eigenvalue weighted by atomic mass is 10.0. The van der Waals surface area contributed by atoms with Crippen molar-refractivity contribution in [2.45, 2.75) is 43.8 Å². The Labute approximate surface area is 164 Å². The van der Waals surface area contributed by atoms with Crippen LogP contribution in [0.3, 0.4) is 0 Å². The topological polar surface area (TPSA) is 46.4 Å². The number of aryl methyl sites for hydroxylation is 1. The second-order valence-corrected chi connectivity index (χ2v) is 7.92. The highest BCUT2D eigenvalue weighted by molar-refractivity contribution is 5.15. The van der Waals surface area contributed by atoms with Crippen molar-refractivity contribution in [1.82, 2.24) is 24.6 Å². The van der Waals surface area contributed by atoms with Gasteiger partial charge in [0.1, 0.15) is 12.4 Å². The van der Waals surface area contributed by atoms with Crippen LogP contribution in [0.4, 0.5) is 8.78 Å². The molecular weight excluding hydrogens is 364 g/mol. The van der Waals surface area contributed by atoms with Crippen molar-refractivity contribution < 1.29 is 13.5 Å². The van der Waals surface area contributed by atoms with Gasteiger partial charge >= 0.3 is 0 Å². The molecule has 2 saturated heterocycles. The molecule has 152 valence electrons. The van der Waals surface area contributed by atoms with E-state index in [4.69, 9.17) is 4.74 Å². The molecule has 1 unspecified atom stereocenters. The maximum absolute atomic E-state index is 14.2. The van der Waals surface area contributed by atoms with Crippen LogP contribution >= 0.6 is 0 Å². The normalized spacial score (nSPS) is 23.9. The molecule has 0 amide bonds. The molecule has 0 bridgehead atoms. The molecule has 0 N–H and O–H groups in total. The largest absolute Gasteiger partial charge is 0.490 e. The van der Waals surface area contributed by atoms with Crippen molar-refractivity contribution in [1.29, 1.82) is 0 Å². The Morgan fingerprint density at radius 3 is 2.75 bits per heavy atom. The van der Waals surface area contributed by atoms with Crippen molar-refractivity contribution in [2.75, 3.05) is 26.2 Å². The lowest BCUT2D eigenvalue weighted by Crippen LogP contribution is -2.48. The number of ether oxygens (including phenoxy) is 1. The summed E-state index contributed by atoms with van der Waals surface area (Å²) in [5, 5.41) is 4.21. The summed E-state index contributed by atoms with van der Waals surface area (Å²) in [5.41, 5.74) is 1.19. The summed E-state index contributed by atoms with van der Waals surface area (Å²) in [6.45, 7) is 2.80. The van der Waals surface area contributed by atoms with Crippen molar-refractivity contribution in [3.63, 3.8) is 0 Å². The number of likely N-dealkylation sites (tertiary alicyclic amines) is 2. The minimum absolute atomic E-state index is 0.136. The Bertz CT molecular complexity index is 761. The number of hydrogen-bond donors (Lipinski definition) is 0. The van der Waals surface area contributed by atoms with Gasteiger partial charge in [0.05, 0.1) is 25.0 Å². The molecule has 0 aliphatic carbocycles. The van der Waals surface area contributed by atoms with E-state index in [9.17, 15) is 8.78 Å². The maximum Gasteiger partial charge on any atom is 0.262 e. The first-order valence-corrected chi connectivity index (χ1v) is 9.85. The van der Waals surface area contributed by atoms with Crippen molar-refractivity contribution in [2.24, 2.45) is 7.05 Å². The Hall–Kier alpha value is -2.06. The summed E-state index contributed by atoms with van der Waals surface area (Å²) in [6.07, 6.45) is 8.87. The second kappa shape index (κ2) is 8.13.